The van der Waals surface area contributed by atoms with E-state index < -0.39 is 6.16 Å². The number of pyridine rings is 1. The number of rotatable bonds is 2. The standard InChI is InChI=1S/C12H9N3O3/c16-12(17)18-11-7-15-6-9(1-2-10(15)14-11)8-3-4-13-5-8/h1-7,13H,(H,16,17). The van der Waals surface area contributed by atoms with Crippen molar-refractivity contribution < 1.29 is 14.6 Å². The molecule has 0 unspecified atom stereocenters. The van der Waals surface area contributed by atoms with Gasteiger partial charge in [0.1, 0.15) is 5.65 Å². The first-order valence-electron chi connectivity index (χ1n) is 5.25. The van der Waals surface area contributed by atoms with Crippen LogP contribution in [0.1, 0.15) is 0 Å². The van der Waals surface area contributed by atoms with Crippen molar-refractivity contribution in [2.45, 2.75) is 0 Å². The zero-order valence-corrected chi connectivity index (χ0v) is 9.20. The summed E-state index contributed by atoms with van der Waals surface area (Å²) in [4.78, 5) is 17.4. The van der Waals surface area contributed by atoms with Gasteiger partial charge in [-0.05, 0) is 23.8 Å². The van der Waals surface area contributed by atoms with Crippen LogP contribution in [0.4, 0.5) is 4.79 Å². The van der Waals surface area contributed by atoms with E-state index in [1.807, 2.05) is 30.7 Å². The van der Waals surface area contributed by atoms with Gasteiger partial charge >= 0.3 is 6.16 Å². The Morgan fingerprint density at radius 3 is 2.89 bits per heavy atom. The highest BCUT2D eigenvalue weighted by atomic mass is 16.7. The molecule has 3 rings (SSSR count). The van der Waals surface area contributed by atoms with Gasteiger partial charge in [-0.15, -0.1) is 0 Å². The minimum atomic E-state index is -1.37. The number of hydrogen-bond donors (Lipinski definition) is 2. The summed E-state index contributed by atoms with van der Waals surface area (Å²) in [7, 11) is 0. The van der Waals surface area contributed by atoms with Gasteiger partial charge in [-0.1, -0.05) is 0 Å². The topological polar surface area (TPSA) is 79.6 Å². The van der Waals surface area contributed by atoms with E-state index in [9.17, 15) is 4.79 Å². The van der Waals surface area contributed by atoms with Crippen molar-refractivity contribution in [2.75, 3.05) is 0 Å². The second kappa shape index (κ2) is 3.92. The maximum absolute atomic E-state index is 10.4. The number of H-pyrrole nitrogens is 1. The van der Waals surface area contributed by atoms with Crippen LogP contribution < -0.4 is 4.74 Å². The fourth-order valence-corrected chi connectivity index (χ4v) is 1.78. The molecule has 3 heterocycles. The van der Waals surface area contributed by atoms with Crippen molar-refractivity contribution >= 4 is 11.8 Å². The molecule has 0 aliphatic rings. The van der Waals surface area contributed by atoms with Crippen molar-refractivity contribution in [3.05, 3.63) is 43.0 Å². The molecule has 0 fully saturated rings. The number of hydrogen-bond acceptors (Lipinski definition) is 3. The fraction of sp³-hybridized carbons (Fsp3) is 0. The molecule has 0 atom stereocenters. The summed E-state index contributed by atoms with van der Waals surface area (Å²) in [6.45, 7) is 0. The molecule has 0 saturated heterocycles. The van der Waals surface area contributed by atoms with Crippen molar-refractivity contribution in [1.82, 2.24) is 14.4 Å². The molecule has 3 aromatic rings. The zero-order valence-electron chi connectivity index (χ0n) is 9.20. The van der Waals surface area contributed by atoms with Crippen LogP contribution >= 0.6 is 0 Å². The molecular weight excluding hydrogens is 234 g/mol. The fourth-order valence-electron chi connectivity index (χ4n) is 1.78. The van der Waals surface area contributed by atoms with Crippen molar-refractivity contribution in [1.29, 1.82) is 0 Å². The quantitative estimate of drug-likeness (QED) is 0.677. The lowest BCUT2D eigenvalue weighted by molar-refractivity contribution is 0.143. The maximum atomic E-state index is 10.4. The van der Waals surface area contributed by atoms with Gasteiger partial charge < -0.3 is 19.2 Å². The summed E-state index contributed by atoms with van der Waals surface area (Å²) in [5.41, 5.74) is 2.68. The molecule has 0 spiro atoms. The number of nitrogens with zero attached hydrogens (tertiary/aromatic N) is 2. The molecule has 0 amide bonds. The predicted octanol–water partition coefficient (Wildman–Crippen LogP) is 2.39. The van der Waals surface area contributed by atoms with Gasteiger partial charge in [0.2, 0.25) is 5.88 Å². The van der Waals surface area contributed by atoms with Crippen LogP contribution in [0.2, 0.25) is 0 Å². The molecule has 2 N–H and O–H groups in total. The van der Waals surface area contributed by atoms with Crippen LogP contribution in [0, 0.1) is 0 Å². The summed E-state index contributed by atoms with van der Waals surface area (Å²) in [5, 5.41) is 8.52. The summed E-state index contributed by atoms with van der Waals surface area (Å²) in [5.74, 6) is 0.0636. The van der Waals surface area contributed by atoms with E-state index >= 15 is 0 Å². The monoisotopic (exact) mass is 243 g/mol. The molecule has 0 aliphatic heterocycles. The van der Waals surface area contributed by atoms with E-state index in [0.717, 1.165) is 11.1 Å². The number of ether oxygens (including phenoxy) is 1. The van der Waals surface area contributed by atoms with Gasteiger partial charge in [0.25, 0.3) is 0 Å². The summed E-state index contributed by atoms with van der Waals surface area (Å²) in [6, 6.07) is 5.67. The Bertz CT molecular complexity index is 701. The lowest BCUT2D eigenvalue weighted by atomic mass is 10.1. The Labute approximate surface area is 101 Å². The Balaban J connectivity index is 2.04. The second-order valence-corrected chi connectivity index (χ2v) is 3.73. The Kier molecular flexibility index (Phi) is 2.26. The smallest absolute Gasteiger partial charge is 0.449 e. The Morgan fingerprint density at radius 1 is 1.28 bits per heavy atom. The molecular formula is C12H9N3O3. The van der Waals surface area contributed by atoms with E-state index in [0.29, 0.717) is 5.65 Å². The highest BCUT2D eigenvalue weighted by Gasteiger charge is 2.07. The molecule has 90 valence electrons. The summed E-state index contributed by atoms with van der Waals surface area (Å²) in [6.07, 6.45) is 5.74. The van der Waals surface area contributed by atoms with Crippen molar-refractivity contribution in [3.8, 4) is 17.0 Å². The molecule has 0 bridgehead atoms. The van der Waals surface area contributed by atoms with Crippen LogP contribution in [0.15, 0.2) is 43.0 Å². The van der Waals surface area contributed by atoms with Crippen LogP contribution in [0.3, 0.4) is 0 Å². The van der Waals surface area contributed by atoms with E-state index in [1.165, 1.54) is 6.20 Å². The third-order valence-electron chi connectivity index (χ3n) is 2.55. The molecule has 18 heavy (non-hydrogen) atoms. The molecule has 3 aromatic heterocycles. The second-order valence-electron chi connectivity index (χ2n) is 3.73. The summed E-state index contributed by atoms with van der Waals surface area (Å²) >= 11 is 0. The molecule has 6 nitrogen and oxygen atoms in total. The number of carbonyl (C=O) groups is 1. The van der Waals surface area contributed by atoms with Crippen molar-refractivity contribution in [2.24, 2.45) is 0 Å². The van der Waals surface area contributed by atoms with Crippen LogP contribution in [0.25, 0.3) is 16.8 Å². The zero-order chi connectivity index (χ0) is 12.5. The number of aromatic nitrogens is 3. The molecule has 6 heteroatoms. The van der Waals surface area contributed by atoms with Gasteiger partial charge in [0, 0.05) is 24.2 Å². The van der Waals surface area contributed by atoms with Crippen LogP contribution in [-0.4, -0.2) is 25.6 Å². The Hall–Kier alpha value is -2.76. The summed E-state index contributed by atoms with van der Waals surface area (Å²) < 4.78 is 6.23. The number of fused-ring (bicyclic) bond motifs is 1. The van der Waals surface area contributed by atoms with Gasteiger partial charge in [0.05, 0.1) is 6.20 Å². The highest BCUT2D eigenvalue weighted by molar-refractivity contribution is 5.65. The first-order chi connectivity index (χ1) is 8.72. The predicted molar refractivity (Wildman–Crippen MR) is 63.6 cm³/mol. The average molecular weight is 243 g/mol. The van der Waals surface area contributed by atoms with Gasteiger partial charge in [0.15, 0.2) is 0 Å². The minimum absolute atomic E-state index is 0.0636. The molecule has 0 radical (unpaired) electrons. The third-order valence-corrected chi connectivity index (χ3v) is 2.55. The van der Waals surface area contributed by atoms with Gasteiger partial charge in [-0.2, -0.15) is 4.98 Å². The number of aromatic amines is 1. The molecule has 0 aromatic carbocycles. The van der Waals surface area contributed by atoms with Crippen LogP contribution in [-0.2, 0) is 0 Å². The van der Waals surface area contributed by atoms with Gasteiger partial charge in [-0.3, -0.25) is 0 Å². The average Bonchev–Trinajstić information content (AvgIpc) is 2.94. The minimum Gasteiger partial charge on any atom is -0.449 e. The lowest BCUT2D eigenvalue weighted by Gasteiger charge is -1.98. The molecule has 0 saturated carbocycles. The Morgan fingerprint density at radius 2 is 2.17 bits per heavy atom. The van der Waals surface area contributed by atoms with E-state index in [2.05, 4.69) is 14.7 Å². The van der Waals surface area contributed by atoms with E-state index in [1.54, 1.807) is 10.5 Å². The largest absolute Gasteiger partial charge is 0.512 e. The maximum Gasteiger partial charge on any atom is 0.512 e. The number of nitrogens with one attached hydrogen (secondary N) is 1. The highest BCUT2D eigenvalue weighted by Crippen LogP contribution is 2.21. The normalized spacial score (nSPS) is 10.7. The number of carboxylic acid groups (broad SMARTS) is 1. The number of imidazole rings is 1. The SMILES string of the molecule is O=C(O)Oc1cn2cc(-c3cc[nH]c3)ccc2n1. The molecule has 0 aliphatic carbocycles. The first-order valence-corrected chi connectivity index (χ1v) is 5.25. The van der Waals surface area contributed by atoms with E-state index in [-0.39, 0.29) is 5.88 Å². The third kappa shape index (κ3) is 1.80. The van der Waals surface area contributed by atoms with Crippen molar-refractivity contribution in [3.63, 3.8) is 0 Å². The van der Waals surface area contributed by atoms with E-state index in [4.69, 9.17) is 5.11 Å². The van der Waals surface area contributed by atoms with Crippen LogP contribution in [0.5, 0.6) is 5.88 Å². The van der Waals surface area contributed by atoms with Gasteiger partial charge in [-0.25, -0.2) is 4.79 Å². The first kappa shape index (κ1) is 10.4. The lowest BCUT2D eigenvalue weighted by Crippen LogP contribution is -2.02.